The van der Waals surface area contributed by atoms with E-state index in [1.807, 2.05) is 19.1 Å². The van der Waals surface area contributed by atoms with E-state index in [4.69, 9.17) is 5.21 Å². The Morgan fingerprint density at radius 2 is 2.00 bits per heavy atom. The zero-order valence-corrected chi connectivity index (χ0v) is 16.3. The van der Waals surface area contributed by atoms with Crippen LogP contribution in [0.4, 0.5) is 0 Å². The van der Waals surface area contributed by atoms with Crippen molar-refractivity contribution >= 4 is 5.71 Å². The van der Waals surface area contributed by atoms with Crippen LogP contribution in [0.3, 0.4) is 0 Å². The summed E-state index contributed by atoms with van der Waals surface area (Å²) in [6.07, 6.45) is 5.32. The topological polar surface area (TPSA) is 35.8 Å². The quantitative estimate of drug-likeness (QED) is 0.469. The molecule has 0 radical (unpaired) electrons. The van der Waals surface area contributed by atoms with Crippen molar-refractivity contribution in [2.24, 2.45) is 16.5 Å². The van der Waals surface area contributed by atoms with Crippen molar-refractivity contribution in [1.82, 2.24) is 4.90 Å². The van der Waals surface area contributed by atoms with Gasteiger partial charge in [-0.15, -0.1) is 0 Å². The molecule has 1 aliphatic heterocycles. The number of likely N-dealkylation sites (tertiary alicyclic amines) is 1. The Labute approximate surface area is 161 Å². The molecule has 2 aromatic rings. The molecule has 2 aliphatic carbocycles. The minimum atomic E-state index is 0.540. The molecule has 27 heavy (non-hydrogen) atoms. The van der Waals surface area contributed by atoms with Crippen molar-refractivity contribution in [3.8, 4) is 11.1 Å². The van der Waals surface area contributed by atoms with Crippen LogP contribution in [0.1, 0.15) is 48.8 Å². The number of hydrogen-bond donors (Lipinski definition) is 1. The van der Waals surface area contributed by atoms with Gasteiger partial charge in [0, 0.05) is 13.1 Å². The number of aryl methyl sites for hydroxylation is 1. The van der Waals surface area contributed by atoms with Crippen LogP contribution in [0.5, 0.6) is 0 Å². The van der Waals surface area contributed by atoms with Gasteiger partial charge in [-0.25, -0.2) is 0 Å². The third kappa shape index (κ3) is 2.55. The second-order valence-corrected chi connectivity index (χ2v) is 8.94. The number of nitrogens with zero attached hydrogens (tertiary/aromatic N) is 2. The summed E-state index contributed by atoms with van der Waals surface area (Å²) >= 11 is 0. The molecular weight excluding hydrogens is 332 g/mol. The molecule has 3 atom stereocenters. The molecule has 3 heteroatoms. The molecule has 1 saturated heterocycles. The summed E-state index contributed by atoms with van der Waals surface area (Å²) in [6.45, 7) is 4.41. The van der Waals surface area contributed by atoms with Crippen molar-refractivity contribution in [3.63, 3.8) is 0 Å². The van der Waals surface area contributed by atoms with E-state index in [0.717, 1.165) is 17.4 Å². The number of fused-ring (bicyclic) bond motifs is 2. The molecule has 1 heterocycles. The first-order chi connectivity index (χ1) is 13.1. The van der Waals surface area contributed by atoms with Crippen molar-refractivity contribution in [1.29, 1.82) is 0 Å². The normalized spacial score (nSPS) is 30.1. The smallest absolute Gasteiger partial charge is 0.0837 e. The molecular formula is C24H28N2O. The molecule has 2 fully saturated rings. The maximum Gasteiger partial charge on any atom is 0.0837 e. The maximum absolute atomic E-state index is 9.07. The van der Waals surface area contributed by atoms with Crippen LogP contribution in [0.2, 0.25) is 0 Å². The zero-order valence-electron chi connectivity index (χ0n) is 16.3. The van der Waals surface area contributed by atoms with E-state index < -0.39 is 0 Å². The van der Waals surface area contributed by atoms with E-state index in [9.17, 15) is 0 Å². The summed E-state index contributed by atoms with van der Waals surface area (Å²) < 4.78 is 0. The summed E-state index contributed by atoms with van der Waals surface area (Å²) in [6, 6.07) is 15.4. The first kappa shape index (κ1) is 17.0. The summed E-state index contributed by atoms with van der Waals surface area (Å²) in [5.74, 6) is 1.65. The zero-order chi connectivity index (χ0) is 18.6. The van der Waals surface area contributed by atoms with Gasteiger partial charge in [-0.05, 0) is 90.8 Å². The minimum absolute atomic E-state index is 0.540. The second-order valence-electron chi connectivity index (χ2n) is 8.94. The fourth-order valence-electron chi connectivity index (χ4n) is 6.30. The van der Waals surface area contributed by atoms with Gasteiger partial charge in [0.2, 0.25) is 0 Å². The van der Waals surface area contributed by atoms with Gasteiger partial charge in [0.1, 0.15) is 0 Å². The monoisotopic (exact) mass is 360 g/mol. The number of rotatable bonds is 2. The van der Waals surface area contributed by atoms with Crippen LogP contribution in [0.25, 0.3) is 11.1 Å². The van der Waals surface area contributed by atoms with Crippen LogP contribution < -0.4 is 0 Å². The van der Waals surface area contributed by atoms with Crippen LogP contribution in [-0.2, 0) is 6.42 Å². The Morgan fingerprint density at radius 3 is 2.85 bits per heavy atom. The molecule has 0 bridgehead atoms. The highest BCUT2D eigenvalue weighted by Gasteiger charge is 2.56. The SMILES string of the molecule is C/C(=N\O)c1cccc(-c2ccc3c(c2)CC[C@]24CN(C)C[C@H]2CC[C@H]34)c1. The molecule has 0 amide bonds. The average Bonchev–Trinajstić information content (AvgIpc) is 3.20. The molecule has 1 saturated carbocycles. The van der Waals surface area contributed by atoms with E-state index in [1.165, 1.54) is 49.9 Å². The molecule has 1 spiro atoms. The Kier molecular flexibility index (Phi) is 3.90. The first-order valence-electron chi connectivity index (χ1n) is 10.2. The van der Waals surface area contributed by atoms with Gasteiger partial charge < -0.3 is 10.1 Å². The summed E-state index contributed by atoms with van der Waals surface area (Å²) in [7, 11) is 2.30. The third-order valence-electron chi connectivity index (χ3n) is 7.55. The lowest BCUT2D eigenvalue weighted by molar-refractivity contribution is 0.190. The minimum Gasteiger partial charge on any atom is -0.411 e. The fraction of sp³-hybridized carbons (Fsp3) is 0.458. The van der Waals surface area contributed by atoms with Gasteiger partial charge in [-0.1, -0.05) is 41.6 Å². The van der Waals surface area contributed by atoms with Crippen LogP contribution >= 0.6 is 0 Å². The van der Waals surface area contributed by atoms with Gasteiger partial charge in [-0.3, -0.25) is 0 Å². The predicted octanol–water partition coefficient (Wildman–Crippen LogP) is 4.92. The van der Waals surface area contributed by atoms with Gasteiger partial charge >= 0.3 is 0 Å². The first-order valence-corrected chi connectivity index (χ1v) is 10.2. The molecule has 3 nitrogen and oxygen atoms in total. The van der Waals surface area contributed by atoms with Gasteiger partial charge in [0.05, 0.1) is 5.71 Å². The molecule has 0 aromatic heterocycles. The lowest BCUT2D eigenvalue weighted by Crippen LogP contribution is -2.36. The molecule has 1 N–H and O–H groups in total. The number of hydrogen-bond acceptors (Lipinski definition) is 3. The second kappa shape index (κ2) is 6.20. The highest BCUT2D eigenvalue weighted by Crippen LogP contribution is 2.61. The van der Waals surface area contributed by atoms with Crippen molar-refractivity contribution in [2.75, 3.05) is 20.1 Å². The van der Waals surface area contributed by atoms with Crippen molar-refractivity contribution in [2.45, 2.75) is 38.5 Å². The third-order valence-corrected chi connectivity index (χ3v) is 7.55. The Balaban J connectivity index is 1.51. The van der Waals surface area contributed by atoms with Crippen molar-refractivity contribution in [3.05, 3.63) is 59.2 Å². The van der Waals surface area contributed by atoms with Gasteiger partial charge in [0.25, 0.3) is 0 Å². The lowest BCUT2D eigenvalue weighted by atomic mass is 9.63. The Bertz CT molecular complexity index is 918. The van der Waals surface area contributed by atoms with Crippen molar-refractivity contribution < 1.29 is 5.21 Å². The molecule has 140 valence electrons. The summed E-state index contributed by atoms with van der Waals surface area (Å²) in [4.78, 5) is 2.56. The maximum atomic E-state index is 9.07. The standard InChI is InChI=1S/C24H28N2O/c1-16(25-27)17-4-3-5-18(12-17)19-6-8-22-20(13-19)10-11-24-15-26(2)14-21(24)7-9-23(22)24/h3-6,8,12-13,21,23,27H,7,9-11,14-15H2,1-2H3/b25-16+/t21-,23-,24+/m1/s1. The molecule has 2 aromatic carbocycles. The fourth-order valence-corrected chi connectivity index (χ4v) is 6.30. The molecule has 5 rings (SSSR count). The van der Waals surface area contributed by atoms with Gasteiger partial charge in [-0.2, -0.15) is 0 Å². The highest BCUT2D eigenvalue weighted by atomic mass is 16.4. The predicted molar refractivity (Wildman–Crippen MR) is 110 cm³/mol. The summed E-state index contributed by atoms with van der Waals surface area (Å²) in [5.41, 5.74) is 7.80. The van der Waals surface area contributed by atoms with E-state index in [-0.39, 0.29) is 0 Å². The van der Waals surface area contributed by atoms with Crippen LogP contribution in [0, 0.1) is 11.3 Å². The van der Waals surface area contributed by atoms with E-state index >= 15 is 0 Å². The molecule has 0 unspecified atom stereocenters. The number of oxime groups is 1. The van der Waals surface area contributed by atoms with E-state index in [2.05, 4.69) is 47.4 Å². The average molecular weight is 361 g/mol. The van der Waals surface area contributed by atoms with E-state index in [0.29, 0.717) is 11.1 Å². The van der Waals surface area contributed by atoms with Crippen LogP contribution in [0.15, 0.2) is 47.6 Å². The van der Waals surface area contributed by atoms with E-state index in [1.54, 1.807) is 11.1 Å². The summed E-state index contributed by atoms with van der Waals surface area (Å²) in [5, 5.41) is 12.4. The highest BCUT2D eigenvalue weighted by molar-refractivity contribution is 5.99. The van der Waals surface area contributed by atoms with Gasteiger partial charge in [0.15, 0.2) is 0 Å². The lowest BCUT2D eigenvalue weighted by Gasteiger charge is -2.41. The Hall–Kier alpha value is -2.13. The largest absolute Gasteiger partial charge is 0.411 e. The molecule has 3 aliphatic rings. The number of benzene rings is 2. The Morgan fingerprint density at radius 1 is 1.15 bits per heavy atom. The van der Waals surface area contributed by atoms with Crippen LogP contribution in [-0.4, -0.2) is 36.0 Å².